The summed E-state index contributed by atoms with van der Waals surface area (Å²) >= 11 is 12.3. The quantitative estimate of drug-likeness (QED) is 0.161. The molecule has 3 amide bonds. The third kappa shape index (κ3) is 8.41. The van der Waals surface area contributed by atoms with E-state index in [-0.39, 0.29) is 29.5 Å². The number of rotatable bonds is 8. The molecule has 5 aromatic rings. The van der Waals surface area contributed by atoms with E-state index in [0.717, 1.165) is 65.3 Å². The van der Waals surface area contributed by atoms with Crippen molar-refractivity contribution in [2.75, 3.05) is 51.3 Å². The highest BCUT2D eigenvalue weighted by Gasteiger charge is 2.35. The molecule has 10 nitrogen and oxygen atoms in total. The summed E-state index contributed by atoms with van der Waals surface area (Å²) in [6.07, 6.45) is 4.61. The zero-order valence-electron chi connectivity index (χ0n) is 33.5. The number of nitrogens with zero attached hydrogens (tertiary/aromatic N) is 5. The highest BCUT2D eigenvalue weighted by Crippen LogP contribution is 2.36. The first kappa shape index (κ1) is 40.4. The molecule has 0 aliphatic carbocycles. The van der Waals surface area contributed by atoms with E-state index in [1.165, 1.54) is 5.56 Å². The zero-order chi connectivity index (χ0) is 41.4. The number of hydrogen-bond donors (Lipinski definition) is 1. The highest BCUT2D eigenvalue weighted by molar-refractivity contribution is 6.42. The Balaban J connectivity index is 1.18. The molecule has 0 bridgehead atoms. The predicted molar refractivity (Wildman–Crippen MR) is 232 cm³/mol. The van der Waals surface area contributed by atoms with Crippen molar-refractivity contribution >= 4 is 52.7 Å². The van der Waals surface area contributed by atoms with E-state index < -0.39 is 0 Å². The number of carbonyl (C=O) groups is 3. The second-order valence-corrected chi connectivity index (χ2v) is 16.4. The first-order valence-corrected chi connectivity index (χ1v) is 20.7. The van der Waals surface area contributed by atoms with Crippen LogP contribution in [-0.2, 0) is 42.5 Å². The lowest BCUT2D eigenvalue weighted by Crippen LogP contribution is -2.52. The predicted octanol–water partition coefficient (Wildman–Crippen LogP) is 7.79. The van der Waals surface area contributed by atoms with Crippen LogP contribution in [-0.4, -0.2) is 94.6 Å². The van der Waals surface area contributed by atoms with Gasteiger partial charge < -0.3 is 29.1 Å². The van der Waals surface area contributed by atoms with Crippen molar-refractivity contribution in [3.63, 3.8) is 0 Å². The van der Waals surface area contributed by atoms with Crippen LogP contribution in [0.25, 0.3) is 17.3 Å². The monoisotopic (exact) mass is 831 g/mol. The van der Waals surface area contributed by atoms with Gasteiger partial charge in [0.1, 0.15) is 5.75 Å². The van der Waals surface area contributed by atoms with E-state index in [1.54, 1.807) is 65.4 Å². The van der Waals surface area contributed by atoms with Crippen molar-refractivity contribution < 1.29 is 24.2 Å². The number of fused-ring (bicyclic) bond motifs is 2. The molecule has 1 atom stereocenters. The van der Waals surface area contributed by atoms with Crippen LogP contribution in [0.1, 0.15) is 54.2 Å². The van der Waals surface area contributed by atoms with Gasteiger partial charge >= 0.3 is 0 Å². The molecule has 1 fully saturated rings. The Morgan fingerprint density at radius 3 is 2.34 bits per heavy atom. The van der Waals surface area contributed by atoms with Crippen molar-refractivity contribution in [3.8, 4) is 17.0 Å². The molecule has 0 radical (unpaired) electrons. The first-order valence-electron chi connectivity index (χ1n) is 19.9. The molecule has 1 saturated heterocycles. The summed E-state index contributed by atoms with van der Waals surface area (Å²) in [5.41, 5.74) is 9.05. The fourth-order valence-electron chi connectivity index (χ4n) is 8.45. The number of aromatic hydroxyl groups is 1. The van der Waals surface area contributed by atoms with Crippen LogP contribution in [0.2, 0.25) is 10.0 Å². The maximum Gasteiger partial charge on any atom is 0.259 e. The van der Waals surface area contributed by atoms with Gasteiger partial charge in [-0.2, -0.15) is 0 Å². The first-order chi connectivity index (χ1) is 28.4. The van der Waals surface area contributed by atoms with Gasteiger partial charge in [-0.3, -0.25) is 19.3 Å². The molecular formula is C47H47Cl2N5O5. The minimum absolute atomic E-state index is 0.0739. The molecule has 12 heteroatoms. The van der Waals surface area contributed by atoms with E-state index in [4.69, 9.17) is 27.9 Å². The van der Waals surface area contributed by atoms with E-state index in [1.807, 2.05) is 47.7 Å². The number of aromatic nitrogens is 1. The number of hydrogen-bond acceptors (Lipinski definition) is 6. The minimum atomic E-state index is -0.206. The van der Waals surface area contributed by atoms with Crippen molar-refractivity contribution in [1.82, 2.24) is 19.3 Å². The number of phenols is 1. The molecule has 4 heterocycles. The Morgan fingerprint density at radius 2 is 1.59 bits per heavy atom. The normalized spacial score (nSPS) is 16.9. The Morgan fingerprint density at radius 1 is 0.847 bits per heavy atom. The molecule has 4 aromatic carbocycles. The van der Waals surface area contributed by atoms with Crippen LogP contribution < -0.4 is 4.90 Å². The number of phenolic OH excluding ortho intramolecular Hbond substituents is 1. The third-order valence-electron chi connectivity index (χ3n) is 12.0. The van der Waals surface area contributed by atoms with E-state index in [2.05, 4.69) is 29.2 Å². The number of benzene rings is 4. The maximum absolute atomic E-state index is 15.4. The van der Waals surface area contributed by atoms with Crippen LogP contribution in [0.15, 0.2) is 91.0 Å². The largest absolute Gasteiger partial charge is 0.508 e. The third-order valence-corrected chi connectivity index (χ3v) is 12.8. The van der Waals surface area contributed by atoms with Crippen LogP contribution in [0.3, 0.4) is 0 Å². The number of halogens is 2. The number of carbonyl (C=O) groups excluding carboxylic acids is 3. The maximum atomic E-state index is 15.4. The SMILES string of the molecule is Cc1c(C(=O)N(C)c2ccc(O)cc2)cc(-c2cc3c(cc2C(=O)N2Cc4ccccc4C[C@H]2CN2CCOCC2)CN(C(=O)C=Cc2ccc(Cl)c(Cl)c2)CC3)n1C. The second kappa shape index (κ2) is 17.1. The fraction of sp³-hybridized carbons (Fsp3) is 0.298. The van der Waals surface area contributed by atoms with Gasteiger partial charge in [-0.1, -0.05) is 53.5 Å². The Kier molecular flexibility index (Phi) is 11.7. The summed E-state index contributed by atoms with van der Waals surface area (Å²) in [5.74, 6) is -0.321. The molecule has 1 N–H and O–H groups in total. The Bertz CT molecular complexity index is 2460. The highest BCUT2D eigenvalue weighted by atomic mass is 35.5. The number of anilines is 1. The lowest BCUT2D eigenvalue weighted by atomic mass is 9.89. The molecular weight excluding hydrogens is 785 g/mol. The average Bonchev–Trinajstić information content (AvgIpc) is 3.55. The topological polar surface area (TPSA) is 98.6 Å². The van der Waals surface area contributed by atoms with Gasteiger partial charge in [0.2, 0.25) is 5.91 Å². The number of ether oxygens (including phenoxy) is 1. The molecule has 1 aromatic heterocycles. The summed E-state index contributed by atoms with van der Waals surface area (Å²) in [5, 5.41) is 10.7. The average molecular weight is 833 g/mol. The van der Waals surface area contributed by atoms with Crippen molar-refractivity contribution in [1.29, 1.82) is 0 Å². The van der Waals surface area contributed by atoms with Gasteiger partial charge in [0.05, 0.1) is 28.8 Å². The lowest BCUT2D eigenvalue weighted by molar-refractivity contribution is -0.126. The fourth-order valence-corrected chi connectivity index (χ4v) is 8.76. The summed E-state index contributed by atoms with van der Waals surface area (Å²) in [6.45, 7) is 6.91. The number of amides is 3. The second-order valence-electron chi connectivity index (χ2n) is 15.6. The lowest BCUT2D eigenvalue weighted by Gasteiger charge is -2.41. The molecule has 8 rings (SSSR count). The molecule has 3 aliphatic heterocycles. The summed E-state index contributed by atoms with van der Waals surface area (Å²) < 4.78 is 7.64. The van der Waals surface area contributed by atoms with Crippen LogP contribution in [0.5, 0.6) is 5.75 Å². The van der Waals surface area contributed by atoms with E-state index >= 15 is 4.79 Å². The molecule has 59 heavy (non-hydrogen) atoms. The van der Waals surface area contributed by atoms with Crippen LogP contribution >= 0.6 is 23.2 Å². The Hall–Kier alpha value is -5.39. The summed E-state index contributed by atoms with van der Waals surface area (Å²) in [7, 11) is 3.64. The molecule has 3 aliphatic rings. The number of morpholine rings is 1. The van der Waals surface area contributed by atoms with Gasteiger partial charge in [0.25, 0.3) is 11.8 Å². The summed E-state index contributed by atoms with van der Waals surface area (Å²) in [4.78, 5) is 50.8. The van der Waals surface area contributed by atoms with Crippen LogP contribution in [0.4, 0.5) is 5.69 Å². The van der Waals surface area contributed by atoms with E-state index in [0.29, 0.717) is 66.1 Å². The van der Waals surface area contributed by atoms with Crippen molar-refractivity contribution in [3.05, 3.63) is 146 Å². The van der Waals surface area contributed by atoms with Gasteiger partial charge in [0.15, 0.2) is 0 Å². The van der Waals surface area contributed by atoms with Gasteiger partial charge in [-0.15, -0.1) is 0 Å². The van der Waals surface area contributed by atoms with Crippen LogP contribution in [0, 0.1) is 6.92 Å². The van der Waals surface area contributed by atoms with Gasteiger partial charge in [-0.05, 0) is 108 Å². The van der Waals surface area contributed by atoms with Gasteiger partial charge in [0, 0.05) is 93.7 Å². The van der Waals surface area contributed by atoms with Crippen molar-refractivity contribution in [2.24, 2.45) is 7.05 Å². The standard InChI is InChI=1S/C47H47Cl2N5O5/c1-30-39(46(57)51(3)36-10-12-38(55)13-11-36)26-44(50(30)2)40-24-33-16-17-53(45(56)15-9-31-8-14-42(48)43(49)22-31)27-35(33)25-41(40)47(58)54-28-34-7-5-4-6-32(34)23-37(54)29-52-18-20-59-21-19-52/h4-15,22,24-26,37,55H,16-21,23,27-29H2,1-3H3/t37-/m0/s1. The zero-order valence-corrected chi connectivity index (χ0v) is 35.0. The Labute approximate surface area is 354 Å². The van der Waals surface area contributed by atoms with Crippen molar-refractivity contribution in [2.45, 2.75) is 38.9 Å². The molecule has 304 valence electrons. The van der Waals surface area contributed by atoms with E-state index in [9.17, 15) is 14.7 Å². The molecule has 0 unspecified atom stereocenters. The smallest absolute Gasteiger partial charge is 0.259 e. The molecule has 0 spiro atoms. The minimum Gasteiger partial charge on any atom is -0.508 e. The van der Waals surface area contributed by atoms with Gasteiger partial charge in [-0.25, -0.2) is 0 Å². The summed E-state index contributed by atoms with van der Waals surface area (Å²) in [6, 6.07) is 26.0. The molecule has 0 saturated carbocycles.